The average Bonchev–Trinajstić information content (AvgIpc) is 3.02. The second-order valence-electron chi connectivity index (χ2n) is 6.73. The van der Waals surface area contributed by atoms with Crippen LogP contribution in [0.4, 0.5) is 14.5 Å². The lowest BCUT2D eigenvalue weighted by Crippen LogP contribution is -2.31. The van der Waals surface area contributed by atoms with E-state index in [9.17, 15) is 14.0 Å². The third-order valence-electron chi connectivity index (χ3n) is 4.98. The van der Waals surface area contributed by atoms with Gasteiger partial charge in [0.2, 0.25) is 5.43 Å². The zero-order valence-electron chi connectivity index (χ0n) is 14.9. The highest BCUT2D eigenvalue weighted by molar-refractivity contribution is 8.00. The first kappa shape index (κ1) is 18.2. The number of aromatic nitrogens is 1. The third kappa shape index (κ3) is 2.63. The summed E-state index contributed by atoms with van der Waals surface area (Å²) >= 11 is 1.28. The molecule has 0 radical (unpaired) electrons. The molecule has 2 aliphatic rings. The molecule has 2 aromatic rings. The van der Waals surface area contributed by atoms with Gasteiger partial charge in [-0.25, -0.2) is 13.6 Å². The summed E-state index contributed by atoms with van der Waals surface area (Å²) < 4.78 is 36.7. The third-order valence-corrected chi connectivity index (χ3v) is 6.16. The summed E-state index contributed by atoms with van der Waals surface area (Å²) in [5.74, 6) is -2.40. The van der Waals surface area contributed by atoms with Crippen LogP contribution in [-0.4, -0.2) is 36.3 Å². The van der Waals surface area contributed by atoms with Crippen molar-refractivity contribution in [2.24, 2.45) is 5.73 Å². The standard InChI is InChI=1S/C18H19F2N3O3S/c1-3-26-18(25)12-16(24)10-6-11(19)15(22-5-4-9(21)7-22)13(20)14(10)23-8(2)27-17(12)23/h6,8-9H,3-5,7,21H2,1-2H3. The predicted molar refractivity (Wildman–Crippen MR) is 99.5 cm³/mol. The van der Waals surface area contributed by atoms with E-state index in [-0.39, 0.29) is 40.2 Å². The van der Waals surface area contributed by atoms with E-state index >= 15 is 4.39 Å². The number of nitrogens with zero attached hydrogens (tertiary/aromatic N) is 2. The molecule has 0 spiro atoms. The van der Waals surface area contributed by atoms with E-state index in [4.69, 9.17) is 10.5 Å². The van der Waals surface area contributed by atoms with Gasteiger partial charge in [-0.05, 0) is 26.3 Å². The molecule has 1 fully saturated rings. The highest BCUT2D eigenvalue weighted by Gasteiger charge is 2.36. The van der Waals surface area contributed by atoms with Crippen LogP contribution in [0.1, 0.15) is 36.0 Å². The molecule has 0 aliphatic carbocycles. The molecule has 0 bridgehead atoms. The molecule has 144 valence electrons. The number of benzene rings is 1. The Balaban J connectivity index is 2.01. The molecule has 6 nitrogen and oxygen atoms in total. The Labute approximate surface area is 158 Å². The van der Waals surface area contributed by atoms with Crippen molar-refractivity contribution in [1.82, 2.24) is 4.57 Å². The SMILES string of the molecule is CCOC(=O)c1c2n(c3c(F)c(N4CCC(N)C4)c(F)cc3c1=O)C(C)S2. The van der Waals surface area contributed by atoms with Gasteiger partial charge < -0.3 is 19.9 Å². The van der Waals surface area contributed by atoms with Gasteiger partial charge in [-0.2, -0.15) is 0 Å². The Morgan fingerprint density at radius 1 is 1.44 bits per heavy atom. The minimum absolute atomic E-state index is 0.0196. The molecule has 2 aliphatic heterocycles. The van der Waals surface area contributed by atoms with Crippen molar-refractivity contribution < 1.29 is 18.3 Å². The van der Waals surface area contributed by atoms with Gasteiger partial charge in [-0.1, -0.05) is 11.8 Å². The van der Waals surface area contributed by atoms with Crippen LogP contribution in [-0.2, 0) is 4.74 Å². The second-order valence-corrected chi connectivity index (χ2v) is 8.03. The van der Waals surface area contributed by atoms with Crippen LogP contribution < -0.4 is 16.1 Å². The van der Waals surface area contributed by atoms with Crippen LogP contribution in [0.2, 0.25) is 0 Å². The highest BCUT2D eigenvalue weighted by Crippen LogP contribution is 2.47. The largest absolute Gasteiger partial charge is 0.462 e. The number of halogens is 2. The monoisotopic (exact) mass is 395 g/mol. The lowest BCUT2D eigenvalue weighted by molar-refractivity contribution is 0.0518. The molecule has 2 unspecified atom stereocenters. The normalized spacial score (nSPS) is 21.3. The summed E-state index contributed by atoms with van der Waals surface area (Å²) in [5.41, 5.74) is 4.85. The van der Waals surface area contributed by atoms with E-state index < -0.39 is 23.0 Å². The number of anilines is 1. The molecule has 1 aromatic carbocycles. The molecule has 4 rings (SSSR count). The van der Waals surface area contributed by atoms with Gasteiger partial charge in [-0.3, -0.25) is 4.79 Å². The van der Waals surface area contributed by atoms with Crippen molar-refractivity contribution in [3.63, 3.8) is 0 Å². The van der Waals surface area contributed by atoms with Gasteiger partial charge >= 0.3 is 5.97 Å². The summed E-state index contributed by atoms with van der Waals surface area (Å²) in [4.78, 5) is 26.7. The number of rotatable bonds is 3. The molecular formula is C18H19F2N3O3S. The number of thioether (sulfide) groups is 1. The van der Waals surface area contributed by atoms with Crippen molar-refractivity contribution in [3.8, 4) is 0 Å². The molecule has 2 atom stereocenters. The summed E-state index contributed by atoms with van der Waals surface area (Å²) in [6.45, 7) is 4.35. The van der Waals surface area contributed by atoms with Gasteiger partial charge in [0.25, 0.3) is 0 Å². The first-order valence-electron chi connectivity index (χ1n) is 8.79. The summed E-state index contributed by atoms with van der Waals surface area (Å²) in [6, 6.07) is 0.872. The fourth-order valence-electron chi connectivity index (χ4n) is 3.75. The second kappa shape index (κ2) is 6.49. The van der Waals surface area contributed by atoms with Gasteiger partial charge in [-0.15, -0.1) is 0 Å². The molecule has 1 saturated heterocycles. The molecule has 27 heavy (non-hydrogen) atoms. The smallest absolute Gasteiger partial charge is 0.344 e. The van der Waals surface area contributed by atoms with E-state index in [0.717, 1.165) is 6.07 Å². The summed E-state index contributed by atoms with van der Waals surface area (Å²) in [7, 11) is 0. The van der Waals surface area contributed by atoms with Crippen LogP contribution in [0.3, 0.4) is 0 Å². The number of carbonyl (C=O) groups excluding carboxylic acids is 1. The number of pyridine rings is 1. The number of hydrogen-bond acceptors (Lipinski definition) is 6. The van der Waals surface area contributed by atoms with Gasteiger partial charge in [0, 0.05) is 19.1 Å². The highest BCUT2D eigenvalue weighted by atomic mass is 32.2. The fraction of sp³-hybridized carbons (Fsp3) is 0.444. The first-order chi connectivity index (χ1) is 12.8. The molecule has 0 amide bonds. The lowest BCUT2D eigenvalue weighted by atomic mass is 10.1. The van der Waals surface area contributed by atoms with Crippen LogP contribution in [0.15, 0.2) is 15.9 Å². The van der Waals surface area contributed by atoms with E-state index in [1.54, 1.807) is 16.4 Å². The Morgan fingerprint density at radius 2 is 2.19 bits per heavy atom. The minimum Gasteiger partial charge on any atom is -0.462 e. The Kier molecular flexibility index (Phi) is 4.38. The number of fused-ring (bicyclic) bond motifs is 3. The number of hydrogen-bond donors (Lipinski definition) is 1. The van der Waals surface area contributed by atoms with Gasteiger partial charge in [0.15, 0.2) is 5.82 Å². The zero-order valence-corrected chi connectivity index (χ0v) is 15.7. The van der Waals surface area contributed by atoms with Crippen molar-refractivity contribution in [1.29, 1.82) is 0 Å². The number of esters is 1. The van der Waals surface area contributed by atoms with E-state index in [2.05, 4.69) is 0 Å². The molecule has 9 heteroatoms. The summed E-state index contributed by atoms with van der Waals surface area (Å²) in [5, 5.41) is 0.00847. The fourth-order valence-corrected chi connectivity index (χ4v) is 4.89. The molecule has 3 heterocycles. The molecule has 2 N–H and O–H groups in total. The minimum atomic E-state index is -0.832. The number of nitrogens with two attached hydrogens (primary N) is 1. The Hall–Kier alpha value is -2.13. The molecule has 1 aromatic heterocycles. The molecule has 0 saturated carbocycles. The Bertz CT molecular complexity index is 1020. The van der Waals surface area contributed by atoms with Gasteiger partial charge in [0.05, 0.1) is 27.9 Å². The zero-order chi connectivity index (χ0) is 19.5. The first-order valence-corrected chi connectivity index (χ1v) is 9.67. The van der Waals surface area contributed by atoms with E-state index in [1.165, 1.54) is 11.8 Å². The molecular weight excluding hydrogens is 376 g/mol. The maximum atomic E-state index is 15.4. The van der Waals surface area contributed by atoms with Crippen LogP contribution in [0.25, 0.3) is 10.9 Å². The number of carbonyl (C=O) groups is 1. The number of ether oxygens (including phenoxy) is 1. The topological polar surface area (TPSA) is 77.6 Å². The van der Waals surface area contributed by atoms with Crippen LogP contribution in [0.5, 0.6) is 0 Å². The van der Waals surface area contributed by atoms with Crippen molar-refractivity contribution in [2.45, 2.75) is 36.7 Å². The van der Waals surface area contributed by atoms with Crippen molar-refractivity contribution >= 4 is 34.3 Å². The Morgan fingerprint density at radius 3 is 2.78 bits per heavy atom. The van der Waals surface area contributed by atoms with Gasteiger partial charge in [0.1, 0.15) is 17.1 Å². The van der Waals surface area contributed by atoms with E-state index in [1.807, 2.05) is 6.92 Å². The van der Waals surface area contributed by atoms with Crippen LogP contribution in [0, 0.1) is 11.6 Å². The van der Waals surface area contributed by atoms with Crippen molar-refractivity contribution in [3.05, 3.63) is 33.5 Å². The maximum absolute atomic E-state index is 15.4. The van der Waals surface area contributed by atoms with E-state index in [0.29, 0.717) is 24.5 Å². The van der Waals surface area contributed by atoms with Crippen molar-refractivity contribution in [2.75, 3.05) is 24.6 Å². The maximum Gasteiger partial charge on any atom is 0.344 e. The lowest BCUT2D eigenvalue weighted by Gasteiger charge is -2.33. The quantitative estimate of drug-likeness (QED) is 0.805. The predicted octanol–water partition coefficient (Wildman–Crippen LogP) is 2.62. The average molecular weight is 395 g/mol. The van der Waals surface area contributed by atoms with Crippen LogP contribution >= 0.6 is 11.8 Å². The summed E-state index contributed by atoms with van der Waals surface area (Å²) in [6.07, 6.45) is 0.642.